The third-order valence-corrected chi connectivity index (χ3v) is 2.37. The first-order valence-electron chi connectivity index (χ1n) is 4.61. The number of hydrogen-bond donors (Lipinski definition) is 0. The minimum absolute atomic E-state index is 0.935. The lowest BCUT2D eigenvalue weighted by molar-refractivity contribution is 0.620. The number of rotatable bonds is 3. The SMILES string of the molecule is C=CCC/C=C1/CCC(C)C1. The van der Waals surface area contributed by atoms with Crippen LogP contribution in [0.3, 0.4) is 0 Å². The second-order valence-corrected chi connectivity index (χ2v) is 3.58. The van der Waals surface area contributed by atoms with E-state index in [0.717, 1.165) is 12.3 Å². The summed E-state index contributed by atoms with van der Waals surface area (Å²) in [6.45, 7) is 6.05. The molecule has 1 fully saturated rings. The maximum atomic E-state index is 3.71. The summed E-state index contributed by atoms with van der Waals surface area (Å²) in [4.78, 5) is 0. The Bertz CT molecular complexity index is 153. The molecule has 0 heterocycles. The highest BCUT2D eigenvalue weighted by Gasteiger charge is 2.13. The monoisotopic (exact) mass is 150 g/mol. The van der Waals surface area contributed by atoms with Gasteiger partial charge in [-0.2, -0.15) is 0 Å². The van der Waals surface area contributed by atoms with E-state index >= 15 is 0 Å². The Morgan fingerprint density at radius 2 is 2.36 bits per heavy atom. The van der Waals surface area contributed by atoms with Crippen LogP contribution in [0, 0.1) is 5.92 Å². The maximum Gasteiger partial charge on any atom is -0.0294 e. The summed E-state index contributed by atoms with van der Waals surface area (Å²) in [5.74, 6) is 0.935. The van der Waals surface area contributed by atoms with Gasteiger partial charge in [0.05, 0.1) is 0 Å². The van der Waals surface area contributed by atoms with Crippen molar-refractivity contribution in [1.82, 2.24) is 0 Å². The molecule has 1 saturated carbocycles. The third kappa shape index (κ3) is 2.92. The molecule has 0 aliphatic heterocycles. The lowest BCUT2D eigenvalue weighted by atomic mass is 10.1. The topological polar surface area (TPSA) is 0 Å². The lowest BCUT2D eigenvalue weighted by Crippen LogP contribution is -1.80. The summed E-state index contributed by atoms with van der Waals surface area (Å²) >= 11 is 0. The van der Waals surface area contributed by atoms with Gasteiger partial charge in [0.2, 0.25) is 0 Å². The maximum absolute atomic E-state index is 3.71. The molecule has 11 heavy (non-hydrogen) atoms. The number of allylic oxidation sites excluding steroid dienone is 3. The molecular formula is C11H18. The van der Waals surface area contributed by atoms with Crippen LogP contribution in [0.25, 0.3) is 0 Å². The first-order chi connectivity index (χ1) is 5.33. The van der Waals surface area contributed by atoms with Crippen molar-refractivity contribution in [3.8, 4) is 0 Å². The van der Waals surface area contributed by atoms with Crippen LogP contribution in [0.2, 0.25) is 0 Å². The molecule has 0 heteroatoms. The van der Waals surface area contributed by atoms with Crippen LogP contribution in [0.1, 0.15) is 39.0 Å². The fraction of sp³-hybridized carbons (Fsp3) is 0.636. The first kappa shape index (κ1) is 8.58. The Labute approximate surface area is 70.0 Å². The van der Waals surface area contributed by atoms with E-state index in [1.54, 1.807) is 5.57 Å². The zero-order valence-corrected chi connectivity index (χ0v) is 7.47. The average Bonchev–Trinajstić information content (AvgIpc) is 2.37. The highest BCUT2D eigenvalue weighted by molar-refractivity contribution is 5.07. The van der Waals surface area contributed by atoms with Gasteiger partial charge >= 0.3 is 0 Å². The van der Waals surface area contributed by atoms with Gasteiger partial charge in [-0.25, -0.2) is 0 Å². The molecule has 0 N–H and O–H groups in total. The van der Waals surface area contributed by atoms with Gasteiger partial charge in [-0.15, -0.1) is 6.58 Å². The fourth-order valence-electron chi connectivity index (χ4n) is 1.67. The van der Waals surface area contributed by atoms with Crippen molar-refractivity contribution in [3.05, 3.63) is 24.3 Å². The second-order valence-electron chi connectivity index (χ2n) is 3.58. The van der Waals surface area contributed by atoms with E-state index in [1.807, 2.05) is 6.08 Å². The Morgan fingerprint density at radius 1 is 1.55 bits per heavy atom. The average molecular weight is 150 g/mol. The van der Waals surface area contributed by atoms with Gasteiger partial charge in [0.15, 0.2) is 0 Å². The van der Waals surface area contributed by atoms with Crippen molar-refractivity contribution >= 4 is 0 Å². The van der Waals surface area contributed by atoms with Crippen molar-refractivity contribution in [2.75, 3.05) is 0 Å². The molecule has 0 aromatic rings. The molecule has 0 aromatic carbocycles. The molecule has 62 valence electrons. The Hall–Kier alpha value is -0.520. The Morgan fingerprint density at radius 3 is 2.91 bits per heavy atom. The molecule has 1 aliphatic rings. The summed E-state index contributed by atoms with van der Waals surface area (Å²) < 4.78 is 0. The predicted octanol–water partition coefficient (Wildman–Crippen LogP) is 3.70. The summed E-state index contributed by atoms with van der Waals surface area (Å²) in [7, 11) is 0. The van der Waals surface area contributed by atoms with Crippen LogP contribution in [-0.2, 0) is 0 Å². The summed E-state index contributed by atoms with van der Waals surface area (Å²) in [6, 6.07) is 0. The molecule has 1 aliphatic carbocycles. The third-order valence-electron chi connectivity index (χ3n) is 2.37. The largest absolute Gasteiger partial charge is 0.103 e. The van der Waals surface area contributed by atoms with Crippen molar-refractivity contribution in [2.45, 2.75) is 39.0 Å². The molecule has 0 saturated heterocycles. The van der Waals surface area contributed by atoms with Crippen LogP contribution in [0.4, 0.5) is 0 Å². The van der Waals surface area contributed by atoms with E-state index < -0.39 is 0 Å². The van der Waals surface area contributed by atoms with Crippen LogP contribution >= 0.6 is 0 Å². The zero-order chi connectivity index (χ0) is 8.10. The molecule has 0 amide bonds. The molecule has 0 bridgehead atoms. The predicted molar refractivity (Wildman–Crippen MR) is 50.5 cm³/mol. The molecular weight excluding hydrogens is 132 g/mol. The molecule has 0 radical (unpaired) electrons. The van der Waals surface area contributed by atoms with Gasteiger partial charge in [-0.05, 0) is 38.0 Å². The van der Waals surface area contributed by atoms with Gasteiger partial charge in [-0.1, -0.05) is 24.6 Å². The van der Waals surface area contributed by atoms with Gasteiger partial charge in [0.25, 0.3) is 0 Å². The van der Waals surface area contributed by atoms with E-state index in [9.17, 15) is 0 Å². The molecule has 0 spiro atoms. The van der Waals surface area contributed by atoms with Crippen molar-refractivity contribution in [2.24, 2.45) is 5.92 Å². The first-order valence-corrected chi connectivity index (χ1v) is 4.61. The van der Waals surface area contributed by atoms with Crippen LogP contribution < -0.4 is 0 Å². The van der Waals surface area contributed by atoms with E-state index in [4.69, 9.17) is 0 Å². The fourth-order valence-corrected chi connectivity index (χ4v) is 1.67. The highest BCUT2D eigenvalue weighted by atomic mass is 14.2. The smallest absolute Gasteiger partial charge is 0.0294 e. The molecule has 1 rings (SSSR count). The van der Waals surface area contributed by atoms with Gasteiger partial charge in [0.1, 0.15) is 0 Å². The summed E-state index contributed by atoms with van der Waals surface area (Å²) in [6.07, 6.45) is 10.8. The van der Waals surface area contributed by atoms with Gasteiger partial charge < -0.3 is 0 Å². The zero-order valence-electron chi connectivity index (χ0n) is 7.47. The van der Waals surface area contributed by atoms with Crippen LogP contribution in [0.5, 0.6) is 0 Å². The highest BCUT2D eigenvalue weighted by Crippen LogP contribution is 2.29. The second kappa shape index (κ2) is 4.38. The minimum Gasteiger partial charge on any atom is -0.103 e. The Balaban J connectivity index is 2.24. The normalized spacial score (nSPS) is 27.7. The quantitative estimate of drug-likeness (QED) is 0.425. The number of unbranched alkanes of at least 4 members (excludes halogenated alkanes) is 1. The molecule has 1 unspecified atom stereocenters. The molecule has 0 aromatic heterocycles. The van der Waals surface area contributed by atoms with Crippen LogP contribution in [-0.4, -0.2) is 0 Å². The van der Waals surface area contributed by atoms with Gasteiger partial charge in [-0.3, -0.25) is 0 Å². The van der Waals surface area contributed by atoms with Crippen LogP contribution in [0.15, 0.2) is 24.3 Å². The number of hydrogen-bond acceptors (Lipinski definition) is 0. The molecule has 1 atom stereocenters. The van der Waals surface area contributed by atoms with Gasteiger partial charge in [0, 0.05) is 0 Å². The Kier molecular flexibility index (Phi) is 3.41. The lowest BCUT2D eigenvalue weighted by Gasteiger charge is -1.95. The standard InChI is InChI=1S/C11H18/c1-3-4-5-6-11-8-7-10(2)9-11/h3,6,10H,1,4-5,7-9H2,2H3/b11-6-. The van der Waals surface area contributed by atoms with E-state index in [-0.39, 0.29) is 0 Å². The van der Waals surface area contributed by atoms with E-state index in [0.29, 0.717) is 0 Å². The van der Waals surface area contributed by atoms with Crippen molar-refractivity contribution < 1.29 is 0 Å². The summed E-state index contributed by atoms with van der Waals surface area (Å²) in [5, 5.41) is 0. The minimum atomic E-state index is 0.935. The van der Waals surface area contributed by atoms with Crippen molar-refractivity contribution in [3.63, 3.8) is 0 Å². The van der Waals surface area contributed by atoms with E-state index in [1.165, 1.54) is 25.7 Å². The summed E-state index contributed by atoms with van der Waals surface area (Å²) in [5.41, 5.74) is 1.68. The van der Waals surface area contributed by atoms with E-state index in [2.05, 4.69) is 19.6 Å². The molecule has 0 nitrogen and oxygen atoms in total. The van der Waals surface area contributed by atoms with Crippen molar-refractivity contribution in [1.29, 1.82) is 0 Å².